The van der Waals surface area contributed by atoms with Crippen LogP contribution in [-0.4, -0.2) is 39.0 Å². The molecular weight excluding hydrogens is 340 g/mol. The Kier molecular flexibility index (Phi) is 8.19. The Morgan fingerprint density at radius 3 is 2.48 bits per heavy atom. The molecule has 0 aromatic heterocycles. The zero-order valence-corrected chi connectivity index (χ0v) is 15.0. The monoisotopic (exact) mass is 362 g/mol. The molecule has 1 aromatic carbocycles. The smallest absolute Gasteiger partial charge is 0.267 e. The molecule has 0 spiro atoms. The van der Waals surface area contributed by atoms with Gasteiger partial charge in [0, 0.05) is 11.3 Å². The number of hydrogen-bond donors (Lipinski definition) is 0. The number of halogens is 1. The average molecular weight is 363 g/mol. The van der Waals surface area contributed by atoms with Crippen LogP contribution in [0.4, 0.5) is 0 Å². The lowest BCUT2D eigenvalue weighted by Crippen LogP contribution is -2.38. The number of hydrogen-bond acceptors (Lipinski definition) is 5. The number of ether oxygens (including phenoxy) is 1. The number of aldehydes is 1. The van der Waals surface area contributed by atoms with Crippen LogP contribution in [0.1, 0.15) is 25.8 Å². The highest BCUT2D eigenvalue weighted by atomic mass is 35.5. The molecule has 0 saturated heterocycles. The van der Waals surface area contributed by atoms with Crippen molar-refractivity contribution >= 4 is 28.0 Å². The standard InChI is InChI=1S/C16H23ClO5S/c1-16(2,13-22-23(19,20)10-6-9-17)15(11-18)21-12-14-7-4-3-5-8-14/h3-5,7-8,11,15H,6,9-10,12-13H2,1-2H3. The predicted octanol–water partition coefficient (Wildman–Crippen LogP) is 2.77. The van der Waals surface area contributed by atoms with Crippen LogP contribution >= 0.6 is 11.6 Å². The van der Waals surface area contributed by atoms with Gasteiger partial charge in [0.25, 0.3) is 10.1 Å². The lowest BCUT2D eigenvalue weighted by Gasteiger charge is -2.30. The van der Waals surface area contributed by atoms with E-state index < -0.39 is 21.6 Å². The summed E-state index contributed by atoms with van der Waals surface area (Å²) in [5, 5.41) is 0. The average Bonchev–Trinajstić information content (AvgIpc) is 2.53. The minimum Gasteiger partial charge on any atom is -0.365 e. The van der Waals surface area contributed by atoms with Crippen LogP contribution in [-0.2, 0) is 30.4 Å². The third-order valence-corrected chi connectivity index (χ3v) is 4.84. The van der Waals surface area contributed by atoms with Crippen molar-refractivity contribution in [2.75, 3.05) is 18.2 Å². The van der Waals surface area contributed by atoms with Crippen LogP contribution in [0, 0.1) is 5.41 Å². The van der Waals surface area contributed by atoms with Crippen molar-refractivity contribution in [1.82, 2.24) is 0 Å². The molecule has 1 atom stereocenters. The van der Waals surface area contributed by atoms with Crippen LogP contribution < -0.4 is 0 Å². The van der Waals surface area contributed by atoms with Crippen LogP contribution in [0.25, 0.3) is 0 Å². The largest absolute Gasteiger partial charge is 0.365 e. The second-order valence-corrected chi connectivity index (χ2v) is 8.05. The van der Waals surface area contributed by atoms with E-state index in [2.05, 4.69) is 0 Å². The van der Waals surface area contributed by atoms with Gasteiger partial charge in [0.15, 0.2) is 0 Å². The molecule has 0 aliphatic carbocycles. The van der Waals surface area contributed by atoms with Crippen LogP contribution in [0.3, 0.4) is 0 Å². The third-order valence-electron chi connectivity index (χ3n) is 3.30. The molecule has 0 aliphatic rings. The van der Waals surface area contributed by atoms with Crippen LogP contribution in [0.5, 0.6) is 0 Å². The summed E-state index contributed by atoms with van der Waals surface area (Å²) in [5.41, 5.74) is 0.163. The van der Waals surface area contributed by atoms with Gasteiger partial charge in [-0.2, -0.15) is 8.42 Å². The fourth-order valence-corrected chi connectivity index (χ4v) is 3.21. The molecule has 7 heteroatoms. The molecule has 1 unspecified atom stereocenters. The van der Waals surface area contributed by atoms with Gasteiger partial charge in [-0.25, -0.2) is 0 Å². The second kappa shape index (κ2) is 9.37. The fraction of sp³-hybridized carbons (Fsp3) is 0.562. The van der Waals surface area contributed by atoms with Gasteiger partial charge >= 0.3 is 0 Å². The highest BCUT2D eigenvalue weighted by molar-refractivity contribution is 7.86. The number of carbonyl (C=O) groups is 1. The fourth-order valence-electron chi connectivity index (χ4n) is 1.82. The number of rotatable bonds is 11. The number of benzene rings is 1. The van der Waals surface area contributed by atoms with Crippen molar-refractivity contribution in [2.24, 2.45) is 5.41 Å². The maximum Gasteiger partial charge on any atom is 0.267 e. The molecular formula is C16H23ClO5S. The minimum atomic E-state index is -3.64. The summed E-state index contributed by atoms with van der Waals surface area (Å²) in [5.74, 6) is 0.117. The molecule has 0 amide bonds. The Balaban J connectivity index is 2.58. The summed E-state index contributed by atoms with van der Waals surface area (Å²) in [4.78, 5) is 11.3. The molecule has 0 bridgehead atoms. The Bertz CT molecular complexity index is 571. The van der Waals surface area contributed by atoms with E-state index in [4.69, 9.17) is 20.5 Å². The van der Waals surface area contributed by atoms with Gasteiger partial charge in [-0.15, -0.1) is 11.6 Å². The van der Waals surface area contributed by atoms with Crippen molar-refractivity contribution in [2.45, 2.75) is 33.0 Å². The molecule has 5 nitrogen and oxygen atoms in total. The first-order chi connectivity index (χ1) is 10.8. The topological polar surface area (TPSA) is 69.7 Å². The minimum absolute atomic E-state index is 0.129. The Morgan fingerprint density at radius 2 is 1.91 bits per heavy atom. The lowest BCUT2D eigenvalue weighted by atomic mass is 9.88. The first-order valence-electron chi connectivity index (χ1n) is 7.34. The second-order valence-electron chi connectivity index (χ2n) is 5.91. The van der Waals surface area contributed by atoms with Crippen LogP contribution in [0.15, 0.2) is 30.3 Å². The predicted molar refractivity (Wildman–Crippen MR) is 89.9 cm³/mol. The van der Waals surface area contributed by atoms with E-state index >= 15 is 0 Å². The molecule has 1 aromatic rings. The highest BCUT2D eigenvalue weighted by Crippen LogP contribution is 2.24. The van der Waals surface area contributed by atoms with Gasteiger partial charge < -0.3 is 9.53 Å². The molecule has 0 aliphatic heterocycles. The lowest BCUT2D eigenvalue weighted by molar-refractivity contribution is -0.129. The van der Waals surface area contributed by atoms with E-state index in [9.17, 15) is 13.2 Å². The van der Waals surface area contributed by atoms with Crippen LogP contribution in [0.2, 0.25) is 0 Å². The van der Waals surface area contributed by atoms with Crippen molar-refractivity contribution < 1.29 is 22.1 Å². The van der Waals surface area contributed by atoms with Gasteiger partial charge in [-0.3, -0.25) is 4.18 Å². The van der Waals surface area contributed by atoms with Gasteiger partial charge in [0.05, 0.1) is 19.0 Å². The molecule has 0 fully saturated rings. The van der Waals surface area contributed by atoms with E-state index in [0.717, 1.165) is 5.56 Å². The maximum atomic E-state index is 11.7. The van der Waals surface area contributed by atoms with Crippen molar-refractivity contribution in [3.8, 4) is 0 Å². The molecule has 0 radical (unpaired) electrons. The molecule has 130 valence electrons. The Labute approximate surface area is 143 Å². The van der Waals surface area contributed by atoms with Gasteiger partial charge in [0.1, 0.15) is 12.4 Å². The normalized spacial score (nSPS) is 13.7. The summed E-state index contributed by atoms with van der Waals surface area (Å²) < 4.78 is 34.1. The molecule has 23 heavy (non-hydrogen) atoms. The summed E-state index contributed by atoms with van der Waals surface area (Å²) in [6.45, 7) is 3.60. The van der Waals surface area contributed by atoms with E-state index in [1.165, 1.54) is 0 Å². The quantitative estimate of drug-likeness (QED) is 0.344. The van der Waals surface area contributed by atoms with Crippen molar-refractivity contribution in [3.05, 3.63) is 35.9 Å². The van der Waals surface area contributed by atoms with Gasteiger partial charge in [0.2, 0.25) is 0 Å². The maximum absolute atomic E-state index is 11.7. The van der Waals surface area contributed by atoms with Gasteiger partial charge in [-0.1, -0.05) is 44.2 Å². The molecule has 0 saturated carbocycles. The van der Waals surface area contributed by atoms with Crippen molar-refractivity contribution in [3.63, 3.8) is 0 Å². The first kappa shape index (κ1) is 20.1. The molecule has 1 rings (SSSR count). The van der Waals surface area contributed by atoms with E-state index in [0.29, 0.717) is 12.7 Å². The summed E-state index contributed by atoms with van der Waals surface area (Å²) in [6, 6.07) is 9.44. The Hall–Kier alpha value is -0.950. The summed E-state index contributed by atoms with van der Waals surface area (Å²) >= 11 is 5.48. The number of alkyl halides is 1. The third kappa shape index (κ3) is 7.44. The van der Waals surface area contributed by atoms with E-state index in [-0.39, 0.29) is 24.8 Å². The zero-order chi connectivity index (χ0) is 17.3. The van der Waals surface area contributed by atoms with Crippen molar-refractivity contribution in [1.29, 1.82) is 0 Å². The number of carbonyl (C=O) groups excluding carboxylic acids is 1. The molecule has 0 heterocycles. The molecule has 0 N–H and O–H groups in total. The summed E-state index contributed by atoms with van der Waals surface area (Å²) in [6.07, 6.45) is 0.231. The first-order valence-corrected chi connectivity index (χ1v) is 9.46. The highest BCUT2D eigenvalue weighted by Gasteiger charge is 2.32. The summed E-state index contributed by atoms with van der Waals surface area (Å²) in [7, 11) is -3.64. The van der Waals surface area contributed by atoms with E-state index in [1.54, 1.807) is 13.8 Å². The van der Waals surface area contributed by atoms with Gasteiger partial charge in [-0.05, 0) is 12.0 Å². The zero-order valence-electron chi connectivity index (χ0n) is 13.4. The SMILES string of the molecule is CC(C)(COS(=O)(=O)CCCCl)C(C=O)OCc1ccccc1. The Morgan fingerprint density at radius 1 is 1.26 bits per heavy atom. The van der Waals surface area contributed by atoms with E-state index in [1.807, 2.05) is 30.3 Å².